The van der Waals surface area contributed by atoms with Gasteiger partial charge >= 0.3 is 12.1 Å². The SMILES string of the molecule is COC(=O)CC(Cc1cn(-c2cc(C(F)(F)F)ccc2O)nn1)NC(=O)C1Cc2ccccc2C1. The van der Waals surface area contributed by atoms with E-state index in [0.717, 1.165) is 34.0 Å². The molecule has 35 heavy (non-hydrogen) atoms. The van der Waals surface area contributed by atoms with E-state index in [2.05, 4.69) is 15.6 Å². The third kappa shape index (κ3) is 5.61. The van der Waals surface area contributed by atoms with E-state index in [0.29, 0.717) is 18.5 Å². The van der Waals surface area contributed by atoms with E-state index >= 15 is 0 Å². The average Bonchev–Trinajstić information content (AvgIpc) is 3.45. The number of fused-ring (bicyclic) bond motifs is 1. The van der Waals surface area contributed by atoms with Crippen LogP contribution in [-0.2, 0) is 39.8 Å². The molecule has 1 aliphatic rings. The fourth-order valence-electron chi connectivity index (χ4n) is 4.17. The average molecular weight is 488 g/mol. The van der Waals surface area contributed by atoms with Gasteiger partial charge in [-0.25, -0.2) is 4.68 Å². The molecule has 0 fully saturated rings. The van der Waals surface area contributed by atoms with Crippen LogP contribution in [0.15, 0.2) is 48.7 Å². The summed E-state index contributed by atoms with van der Waals surface area (Å²) in [5, 5.41) is 20.7. The zero-order chi connectivity index (χ0) is 25.2. The maximum Gasteiger partial charge on any atom is 0.416 e. The zero-order valence-corrected chi connectivity index (χ0v) is 18.7. The largest absolute Gasteiger partial charge is 0.506 e. The number of nitrogens with one attached hydrogen (secondary N) is 1. The molecule has 184 valence electrons. The van der Waals surface area contributed by atoms with Crippen LogP contribution in [0.1, 0.15) is 28.8 Å². The van der Waals surface area contributed by atoms with E-state index in [1.807, 2.05) is 24.3 Å². The van der Waals surface area contributed by atoms with E-state index in [1.54, 1.807) is 0 Å². The van der Waals surface area contributed by atoms with Crippen molar-refractivity contribution >= 4 is 11.9 Å². The number of aromatic hydroxyl groups is 1. The van der Waals surface area contributed by atoms with E-state index in [4.69, 9.17) is 4.74 Å². The number of nitrogens with zero attached hydrogens (tertiary/aromatic N) is 3. The number of amides is 1. The molecule has 0 radical (unpaired) electrons. The Morgan fingerprint density at radius 3 is 2.51 bits per heavy atom. The minimum absolute atomic E-state index is 0.0836. The van der Waals surface area contributed by atoms with Gasteiger partial charge < -0.3 is 15.2 Å². The molecule has 1 unspecified atom stereocenters. The lowest BCUT2D eigenvalue weighted by Crippen LogP contribution is -2.42. The van der Waals surface area contributed by atoms with Crippen molar-refractivity contribution in [1.29, 1.82) is 0 Å². The minimum Gasteiger partial charge on any atom is -0.506 e. The second-order valence-corrected chi connectivity index (χ2v) is 8.42. The highest BCUT2D eigenvalue weighted by Crippen LogP contribution is 2.33. The summed E-state index contributed by atoms with van der Waals surface area (Å²) < 4.78 is 45.0. The molecule has 1 heterocycles. The first-order chi connectivity index (χ1) is 16.6. The number of methoxy groups -OCH3 is 1. The van der Waals surface area contributed by atoms with Gasteiger partial charge in [-0.1, -0.05) is 29.5 Å². The van der Waals surface area contributed by atoms with E-state index in [1.165, 1.54) is 13.3 Å². The van der Waals surface area contributed by atoms with Crippen LogP contribution in [0.3, 0.4) is 0 Å². The van der Waals surface area contributed by atoms with Crippen LogP contribution in [0, 0.1) is 5.92 Å². The summed E-state index contributed by atoms with van der Waals surface area (Å²) in [6, 6.07) is 9.60. The van der Waals surface area contributed by atoms with Gasteiger partial charge in [-0.2, -0.15) is 13.2 Å². The van der Waals surface area contributed by atoms with Crippen LogP contribution in [0.5, 0.6) is 5.75 Å². The van der Waals surface area contributed by atoms with Crippen LogP contribution in [0.25, 0.3) is 5.69 Å². The number of aromatic nitrogens is 3. The molecular formula is C24H23F3N4O4. The number of phenols is 1. The number of rotatable bonds is 7. The molecule has 1 atom stereocenters. The van der Waals surface area contributed by atoms with Crippen LogP contribution >= 0.6 is 0 Å². The second kappa shape index (κ2) is 9.77. The van der Waals surface area contributed by atoms with E-state index in [-0.39, 0.29) is 30.4 Å². The Kier molecular flexibility index (Phi) is 6.77. The lowest BCUT2D eigenvalue weighted by atomic mass is 10.0. The Morgan fingerprint density at radius 2 is 1.89 bits per heavy atom. The molecule has 0 aliphatic heterocycles. The summed E-state index contributed by atoms with van der Waals surface area (Å²) in [7, 11) is 1.24. The molecule has 0 spiro atoms. The van der Waals surface area contributed by atoms with Crippen LogP contribution in [-0.4, -0.2) is 45.1 Å². The third-order valence-corrected chi connectivity index (χ3v) is 5.95. The summed E-state index contributed by atoms with van der Waals surface area (Å²) in [6.45, 7) is 0. The van der Waals surface area contributed by atoms with Crippen molar-refractivity contribution in [2.75, 3.05) is 7.11 Å². The number of benzene rings is 2. The number of alkyl halides is 3. The zero-order valence-electron chi connectivity index (χ0n) is 18.7. The maximum atomic E-state index is 13.1. The highest BCUT2D eigenvalue weighted by Gasteiger charge is 2.32. The number of carbonyl (C=O) groups excluding carboxylic acids is 2. The fraction of sp³-hybridized carbons (Fsp3) is 0.333. The molecule has 0 saturated heterocycles. The number of esters is 1. The third-order valence-electron chi connectivity index (χ3n) is 5.95. The first-order valence-corrected chi connectivity index (χ1v) is 10.9. The molecule has 2 aromatic carbocycles. The first-order valence-electron chi connectivity index (χ1n) is 10.9. The Labute approximate surface area is 198 Å². The molecule has 0 bridgehead atoms. The molecule has 1 aliphatic carbocycles. The predicted molar refractivity (Wildman–Crippen MR) is 118 cm³/mol. The molecule has 11 heteroatoms. The number of carbonyl (C=O) groups is 2. The molecular weight excluding hydrogens is 465 g/mol. The van der Waals surface area contributed by atoms with E-state index in [9.17, 15) is 27.9 Å². The summed E-state index contributed by atoms with van der Waals surface area (Å²) in [6.07, 6.45) is -2.10. The normalized spacial score (nSPS) is 14.4. The van der Waals surface area contributed by atoms with Crippen molar-refractivity contribution in [3.8, 4) is 11.4 Å². The van der Waals surface area contributed by atoms with Crippen molar-refractivity contribution in [3.63, 3.8) is 0 Å². The quantitative estimate of drug-likeness (QED) is 0.496. The molecule has 4 rings (SSSR count). The summed E-state index contributed by atoms with van der Waals surface area (Å²) in [4.78, 5) is 24.9. The molecule has 3 aromatic rings. The van der Waals surface area contributed by atoms with Crippen LogP contribution in [0.4, 0.5) is 13.2 Å². The first kappa shape index (κ1) is 24.2. The smallest absolute Gasteiger partial charge is 0.416 e. The number of hydrogen-bond acceptors (Lipinski definition) is 6. The van der Waals surface area contributed by atoms with Crippen LogP contribution < -0.4 is 5.32 Å². The lowest BCUT2D eigenvalue weighted by molar-refractivity contribution is -0.141. The topological polar surface area (TPSA) is 106 Å². The van der Waals surface area contributed by atoms with Gasteiger partial charge in [-0.15, -0.1) is 5.10 Å². The highest BCUT2D eigenvalue weighted by molar-refractivity contribution is 5.81. The van der Waals surface area contributed by atoms with Gasteiger partial charge in [0.15, 0.2) is 0 Å². The summed E-state index contributed by atoms with van der Waals surface area (Å²) in [5.41, 5.74) is 1.39. The standard InChI is InChI=1S/C24H23F3N4O4/c1-35-22(33)12-18(28-23(34)16-8-14-4-2-3-5-15(14)9-16)11-19-13-31(30-29-19)20-10-17(24(25,26)27)6-7-21(20)32/h2-7,10,13,16,18,32H,8-9,11-12H2,1H3,(H,28,34). The van der Waals surface area contributed by atoms with Gasteiger partial charge in [0.25, 0.3) is 0 Å². The van der Waals surface area contributed by atoms with Crippen molar-refractivity contribution < 1.29 is 32.6 Å². The minimum atomic E-state index is -4.60. The maximum absolute atomic E-state index is 13.1. The van der Waals surface area contributed by atoms with Crippen molar-refractivity contribution in [1.82, 2.24) is 20.3 Å². The number of phenolic OH excluding ortho intramolecular Hbond substituents is 1. The van der Waals surface area contributed by atoms with Crippen LogP contribution in [0.2, 0.25) is 0 Å². The predicted octanol–water partition coefficient (Wildman–Crippen LogP) is 3.00. The van der Waals surface area contributed by atoms with Gasteiger partial charge in [-0.05, 0) is 42.2 Å². The van der Waals surface area contributed by atoms with Crippen molar-refractivity contribution in [3.05, 3.63) is 71.0 Å². The Bertz CT molecular complexity index is 1220. The molecule has 2 N–H and O–H groups in total. The van der Waals surface area contributed by atoms with Crippen molar-refractivity contribution in [2.24, 2.45) is 5.92 Å². The second-order valence-electron chi connectivity index (χ2n) is 8.42. The van der Waals surface area contributed by atoms with Gasteiger partial charge in [0.05, 0.1) is 31.0 Å². The molecule has 1 aromatic heterocycles. The van der Waals surface area contributed by atoms with Gasteiger partial charge in [0.1, 0.15) is 11.4 Å². The monoisotopic (exact) mass is 488 g/mol. The lowest BCUT2D eigenvalue weighted by Gasteiger charge is -2.19. The van der Waals surface area contributed by atoms with Gasteiger partial charge in [-0.3, -0.25) is 9.59 Å². The number of ether oxygens (including phenoxy) is 1. The van der Waals surface area contributed by atoms with E-state index < -0.39 is 29.5 Å². The summed E-state index contributed by atoms with van der Waals surface area (Å²) >= 11 is 0. The Balaban J connectivity index is 1.49. The molecule has 8 nitrogen and oxygen atoms in total. The van der Waals surface area contributed by atoms with Crippen molar-refractivity contribution in [2.45, 2.75) is 37.9 Å². The number of halogens is 3. The summed E-state index contributed by atoms with van der Waals surface area (Å²) in [5.74, 6) is -1.43. The Morgan fingerprint density at radius 1 is 1.20 bits per heavy atom. The highest BCUT2D eigenvalue weighted by atomic mass is 19.4. The molecule has 0 saturated carbocycles. The Hall–Kier alpha value is -3.89. The number of hydrogen-bond donors (Lipinski definition) is 2. The fourth-order valence-corrected chi connectivity index (χ4v) is 4.17. The van der Waals surface area contributed by atoms with Gasteiger partial charge in [0, 0.05) is 18.4 Å². The molecule has 1 amide bonds. The van der Waals surface area contributed by atoms with Gasteiger partial charge in [0.2, 0.25) is 5.91 Å².